The number of Topliss-reactive ketones (excluding diaryl/α,β-unsaturated/α-hetero) is 1. The van der Waals surface area contributed by atoms with Crippen LogP contribution in [0.4, 0.5) is 0 Å². The molecule has 1 N–H and O–H groups in total. The van der Waals surface area contributed by atoms with E-state index in [-0.39, 0.29) is 23.8 Å². The van der Waals surface area contributed by atoms with Gasteiger partial charge in [0.25, 0.3) is 5.91 Å². The van der Waals surface area contributed by atoms with Crippen molar-refractivity contribution in [3.63, 3.8) is 0 Å². The van der Waals surface area contributed by atoms with Crippen LogP contribution in [-0.4, -0.2) is 45.5 Å². The molecule has 1 unspecified atom stereocenters. The Morgan fingerprint density at radius 1 is 1.19 bits per heavy atom. The number of carbonyl (C=O) groups is 3. The SMILES string of the molecule is CC(C)[C@@H]1NC(=O)c2csc(n2)-c2csc(n2)CCC(=O)CC(/C=C/CCS)OC1=O. The van der Waals surface area contributed by atoms with Gasteiger partial charge in [-0.1, -0.05) is 19.9 Å². The molecule has 31 heavy (non-hydrogen) atoms. The third kappa shape index (κ3) is 6.47. The summed E-state index contributed by atoms with van der Waals surface area (Å²) in [7, 11) is 0. The maximum Gasteiger partial charge on any atom is 0.329 e. The molecular formula is C21H25N3O4S3. The number of carbonyl (C=O) groups excluding carboxylic acids is 3. The molecule has 1 aliphatic rings. The molecular weight excluding hydrogens is 454 g/mol. The van der Waals surface area contributed by atoms with Crippen molar-refractivity contribution in [1.82, 2.24) is 15.3 Å². The van der Waals surface area contributed by atoms with Gasteiger partial charge in [0.15, 0.2) is 0 Å². The molecule has 0 aromatic carbocycles. The molecule has 10 heteroatoms. The van der Waals surface area contributed by atoms with Gasteiger partial charge in [-0.25, -0.2) is 14.8 Å². The normalized spacial score (nSPS) is 20.8. The van der Waals surface area contributed by atoms with E-state index in [9.17, 15) is 14.4 Å². The van der Waals surface area contributed by atoms with Gasteiger partial charge in [0.1, 0.15) is 34.3 Å². The van der Waals surface area contributed by atoms with E-state index >= 15 is 0 Å². The second kappa shape index (κ2) is 11.0. The van der Waals surface area contributed by atoms with E-state index in [1.165, 1.54) is 22.7 Å². The van der Waals surface area contributed by atoms with Crippen molar-refractivity contribution < 1.29 is 19.1 Å². The lowest BCUT2D eigenvalue weighted by molar-refractivity contribution is -0.151. The highest BCUT2D eigenvalue weighted by Crippen LogP contribution is 2.26. The van der Waals surface area contributed by atoms with E-state index in [0.717, 1.165) is 5.01 Å². The molecule has 0 radical (unpaired) electrons. The number of ether oxygens (including phenoxy) is 1. The Morgan fingerprint density at radius 2 is 1.97 bits per heavy atom. The summed E-state index contributed by atoms with van der Waals surface area (Å²) in [6, 6.07) is -0.854. The number of aryl methyl sites for hydroxylation is 1. The van der Waals surface area contributed by atoms with Gasteiger partial charge in [-0.05, 0) is 24.2 Å². The largest absolute Gasteiger partial charge is 0.456 e. The molecule has 3 rings (SSSR count). The third-order valence-corrected chi connectivity index (χ3v) is 6.71. The summed E-state index contributed by atoms with van der Waals surface area (Å²) in [6.45, 7) is 3.65. The summed E-state index contributed by atoms with van der Waals surface area (Å²) in [5.41, 5.74) is 0.927. The van der Waals surface area contributed by atoms with Crippen LogP contribution in [0.1, 0.15) is 48.6 Å². The number of nitrogens with one attached hydrogen (secondary N) is 1. The van der Waals surface area contributed by atoms with E-state index < -0.39 is 24.0 Å². The van der Waals surface area contributed by atoms with Crippen LogP contribution < -0.4 is 5.32 Å². The molecule has 0 spiro atoms. The van der Waals surface area contributed by atoms with E-state index in [1.807, 2.05) is 25.3 Å². The zero-order chi connectivity index (χ0) is 22.4. The number of rotatable bonds is 4. The first-order chi connectivity index (χ1) is 14.9. The van der Waals surface area contributed by atoms with Crippen molar-refractivity contribution in [3.05, 3.63) is 33.6 Å². The third-order valence-electron chi connectivity index (χ3n) is 4.68. The molecule has 166 valence electrons. The van der Waals surface area contributed by atoms with E-state index in [1.54, 1.807) is 11.5 Å². The number of nitrogens with zero attached hydrogens (tertiary/aromatic N) is 2. The fraction of sp³-hybridized carbons (Fsp3) is 0.476. The highest BCUT2D eigenvalue weighted by atomic mass is 32.1. The Kier molecular flexibility index (Phi) is 8.39. The summed E-state index contributed by atoms with van der Waals surface area (Å²) in [5.74, 6) is -0.579. The zero-order valence-electron chi connectivity index (χ0n) is 17.4. The topological polar surface area (TPSA) is 98.2 Å². The lowest BCUT2D eigenvalue weighted by atomic mass is 10.0. The maximum absolute atomic E-state index is 12.9. The van der Waals surface area contributed by atoms with Gasteiger partial charge in [-0.2, -0.15) is 12.6 Å². The summed E-state index contributed by atoms with van der Waals surface area (Å²) in [6.07, 6.45) is 4.49. The average Bonchev–Trinajstić information content (AvgIpc) is 3.39. The number of fused-ring (bicyclic) bond motifs is 5. The highest BCUT2D eigenvalue weighted by molar-refractivity contribution is 7.80. The lowest BCUT2D eigenvalue weighted by Crippen LogP contribution is -2.46. The van der Waals surface area contributed by atoms with Gasteiger partial charge in [-0.3, -0.25) is 9.59 Å². The van der Waals surface area contributed by atoms with Crippen LogP contribution in [0.5, 0.6) is 0 Å². The van der Waals surface area contributed by atoms with Gasteiger partial charge >= 0.3 is 5.97 Å². The number of cyclic esters (lactones) is 1. The van der Waals surface area contributed by atoms with Crippen molar-refractivity contribution in [2.24, 2.45) is 5.92 Å². The number of hydrogen-bond acceptors (Lipinski definition) is 9. The Hall–Kier alpha value is -2.04. The van der Waals surface area contributed by atoms with Gasteiger partial charge in [0.05, 0.1) is 5.01 Å². The lowest BCUT2D eigenvalue weighted by Gasteiger charge is -2.23. The molecule has 3 heterocycles. The minimum atomic E-state index is -0.854. The van der Waals surface area contributed by atoms with Crippen LogP contribution >= 0.6 is 35.3 Å². The monoisotopic (exact) mass is 479 g/mol. The van der Waals surface area contributed by atoms with Crippen molar-refractivity contribution in [2.45, 2.75) is 51.7 Å². The van der Waals surface area contributed by atoms with Gasteiger partial charge < -0.3 is 10.1 Å². The molecule has 2 aromatic heterocycles. The number of thiol groups is 1. The number of amides is 1. The Balaban J connectivity index is 1.90. The van der Waals surface area contributed by atoms with Crippen LogP contribution in [0.3, 0.4) is 0 Å². The Morgan fingerprint density at radius 3 is 2.71 bits per heavy atom. The summed E-state index contributed by atoms with van der Waals surface area (Å²) >= 11 is 6.96. The number of aromatic nitrogens is 2. The van der Waals surface area contributed by atoms with Crippen LogP contribution in [0, 0.1) is 5.92 Å². The van der Waals surface area contributed by atoms with Crippen LogP contribution in [0.2, 0.25) is 0 Å². The van der Waals surface area contributed by atoms with E-state index in [2.05, 4.69) is 27.9 Å². The zero-order valence-corrected chi connectivity index (χ0v) is 19.9. The maximum atomic E-state index is 12.9. The summed E-state index contributed by atoms with van der Waals surface area (Å²) < 4.78 is 5.64. The molecule has 2 aromatic rings. The second-order valence-electron chi connectivity index (χ2n) is 7.52. The van der Waals surface area contributed by atoms with Crippen molar-refractivity contribution >= 4 is 53.0 Å². The number of ketones is 1. The molecule has 7 nitrogen and oxygen atoms in total. The smallest absolute Gasteiger partial charge is 0.329 e. The Bertz CT molecular complexity index is 967. The number of thiazole rings is 2. The Labute approximate surface area is 194 Å². The first kappa shape index (κ1) is 23.6. The van der Waals surface area contributed by atoms with Gasteiger partial charge in [-0.15, -0.1) is 22.7 Å². The first-order valence-electron chi connectivity index (χ1n) is 10.1. The van der Waals surface area contributed by atoms with E-state index in [4.69, 9.17) is 4.74 Å². The van der Waals surface area contributed by atoms with Gasteiger partial charge in [0.2, 0.25) is 0 Å². The fourth-order valence-electron chi connectivity index (χ4n) is 3.00. The van der Waals surface area contributed by atoms with Crippen molar-refractivity contribution in [1.29, 1.82) is 0 Å². The number of allylic oxidation sites excluding steroid dienone is 1. The summed E-state index contributed by atoms with van der Waals surface area (Å²) in [4.78, 5) is 47.1. The minimum absolute atomic E-state index is 0.0150. The van der Waals surface area contributed by atoms with Crippen molar-refractivity contribution in [2.75, 3.05) is 5.75 Å². The predicted octanol–water partition coefficient (Wildman–Crippen LogP) is 3.71. The average molecular weight is 480 g/mol. The van der Waals surface area contributed by atoms with Crippen LogP contribution in [0.15, 0.2) is 22.9 Å². The fourth-order valence-corrected chi connectivity index (χ4v) is 4.77. The number of esters is 1. The summed E-state index contributed by atoms with van der Waals surface area (Å²) in [5, 5.41) is 7.72. The highest BCUT2D eigenvalue weighted by Gasteiger charge is 2.29. The molecule has 1 aliphatic heterocycles. The second-order valence-corrected chi connectivity index (χ2v) is 9.77. The molecule has 2 atom stereocenters. The first-order valence-corrected chi connectivity index (χ1v) is 12.5. The molecule has 0 aliphatic carbocycles. The number of hydrogen-bond donors (Lipinski definition) is 2. The van der Waals surface area contributed by atoms with Crippen molar-refractivity contribution in [3.8, 4) is 10.7 Å². The van der Waals surface area contributed by atoms with E-state index in [0.29, 0.717) is 35.7 Å². The van der Waals surface area contributed by atoms with Crippen LogP contribution in [-0.2, 0) is 20.7 Å². The van der Waals surface area contributed by atoms with Gasteiger partial charge in [0, 0.05) is 30.0 Å². The standard InChI is InChI=1S/C21H25N3O4S3/c1-12(2)18-21(27)28-14(5-3-4-8-29)9-13(25)6-7-17-22-16(11-30-17)20-23-15(10-31-20)19(26)24-18/h3,5,10-12,14,18,29H,4,6-9H2,1-2H3,(H,24,26)/b5-3+/t14?,18-/m0/s1. The molecule has 1 amide bonds. The molecule has 0 saturated carbocycles. The molecule has 4 bridgehead atoms. The predicted molar refractivity (Wildman–Crippen MR) is 125 cm³/mol. The minimum Gasteiger partial charge on any atom is -0.456 e. The molecule has 0 fully saturated rings. The van der Waals surface area contributed by atoms with Crippen LogP contribution in [0.25, 0.3) is 10.7 Å². The quantitative estimate of drug-likeness (QED) is 0.394. The molecule has 0 saturated heterocycles.